The highest BCUT2D eigenvalue weighted by atomic mass is 19.3. The molecule has 1 N–H and O–H groups in total. The van der Waals surface area contributed by atoms with Crippen LogP contribution in [0, 0.1) is 5.92 Å². The van der Waals surface area contributed by atoms with E-state index in [9.17, 15) is 18.0 Å². The number of nitrogens with zero attached hydrogens (tertiary/aromatic N) is 1. The van der Waals surface area contributed by atoms with Crippen molar-refractivity contribution in [1.29, 1.82) is 0 Å². The van der Waals surface area contributed by atoms with Gasteiger partial charge in [-0.3, -0.25) is 4.79 Å². The van der Waals surface area contributed by atoms with Crippen molar-refractivity contribution in [3.63, 3.8) is 0 Å². The molecule has 6 heteroatoms. The fraction of sp³-hybridized carbons (Fsp3) is 0.562. The molecule has 0 spiro atoms. The molecule has 0 radical (unpaired) electrons. The molecule has 0 saturated carbocycles. The molecule has 0 aromatic rings. The summed E-state index contributed by atoms with van der Waals surface area (Å²) in [7, 11) is 0. The largest absolute Gasteiger partial charge is 0.381 e. The van der Waals surface area contributed by atoms with Crippen molar-refractivity contribution in [2.24, 2.45) is 5.92 Å². The Bertz CT molecular complexity index is 574. The van der Waals surface area contributed by atoms with Crippen molar-refractivity contribution in [2.45, 2.75) is 38.2 Å². The second kappa shape index (κ2) is 5.48. The van der Waals surface area contributed by atoms with Crippen LogP contribution in [-0.4, -0.2) is 35.9 Å². The van der Waals surface area contributed by atoms with Crippen molar-refractivity contribution < 1.29 is 18.0 Å². The van der Waals surface area contributed by atoms with Gasteiger partial charge in [-0.05, 0) is 42.9 Å². The van der Waals surface area contributed by atoms with Crippen LogP contribution in [0.1, 0.15) is 26.2 Å². The highest BCUT2D eigenvalue weighted by molar-refractivity contribution is 5.79. The Labute approximate surface area is 127 Å². The molecule has 1 unspecified atom stereocenters. The molecule has 3 nitrogen and oxygen atoms in total. The number of carbonyl (C=O) groups is 1. The maximum atomic E-state index is 13.5. The number of rotatable bonds is 2. The summed E-state index contributed by atoms with van der Waals surface area (Å²) in [6, 6.07) is 0. The first-order chi connectivity index (χ1) is 10.4. The van der Waals surface area contributed by atoms with Gasteiger partial charge in [0.2, 0.25) is 0 Å². The molecule has 0 bridgehead atoms. The number of amides is 1. The molecule has 2 heterocycles. The van der Waals surface area contributed by atoms with Crippen molar-refractivity contribution in [1.82, 2.24) is 10.2 Å². The van der Waals surface area contributed by atoms with E-state index in [4.69, 9.17) is 0 Å². The van der Waals surface area contributed by atoms with Crippen LogP contribution in [0.4, 0.5) is 13.2 Å². The molecular weight excluding hydrogens is 293 g/mol. The van der Waals surface area contributed by atoms with Gasteiger partial charge >= 0.3 is 6.43 Å². The van der Waals surface area contributed by atoms with E-state index in [2.05, 4.69) is 5.32 Å². The van der Waals surface area contributed by atoms with Gasteiger partial charge in [0.05, 0.1) is 5.54 Å². The number of hydrogen-bond donors (Lipinski definition) is 1. The summed E-state index contributed by atoms with van der Waals surface area (Å²) in [5, 5.41) is 3.25. The lowest BCUT2D eigenvalue weighted by molar-refractivity contribution is -0.144. The summed E-state index contributed by atoms with van der Waals surface area (Å²) in [6.45, 7) is 2.66. The zero-order chi connectivity index (χ0) is 15.9. The van der Waals surface area contributed by atoms with Crippen LogP contribution in [-0.2, 0) is 4.79 Å². The lowest BCUT2D eigenvalue weighted by atomic mass is 9.77. The highest BCUT2D eigenvalue weighted by Crippen LogP contribution is 2.43. The number of fused-ring (bicyclic) bond motifs is 1. The zero-order valence-electron chi connectivity index (χ0n) is 12.4. The Kier molecular flexibility index (Phi) is 3.78. The van der Waals surface area contributed by atoms with Gasteiger partial charge in [0.25, 0.3) is 5.91 Å². The lowest BCUT2D eigenvalue weighted by Crippen LogP contribution is -2.42. The van der Waals surface area contributed by atoms with Crippen molar-refractivity contribution in [2.75, 3.05) is 13.1 Å². The maximum absolute atomic E-state index is 13.5. The number of hydrogen-bond acceptors (Lipinski definition) is 2. The summed E-state index contributed by atoms with van der Waals surface area (Å²) >= 11 is 0. The fourth-order valence-electron chi connectivity index (χ4n) is 3.59. The third kappa shape index (κ3) is 2.55. The molecule has 3 rings (SSSR count). The van der Waals surface area contributed by atoms with Gasteiger partial charge < -0.3 is 10.2 Å². The number of allylic oxidation sites excluding steroid dienone is 2. The van der Waals surface area contributed by atoms with E-state index in [-0.39, 0.29) is 11.7 Å². The van der Waals surface area contributed by atoms with E-state index in [1.807, 2.05) is 13.1 Å². The first-order valence-corrected chi connectivity index (χ1v) is 7.52. The maximum Gasteiger partial charge on any atom is 0.315 e. The monoisotopic (exact) mass is 312 g/mol. The van der Waals surface area contributed by atoms with Crippen molar-refractivity contribution in [3.05, 3.63) is 35.3 Å². The normalized spacial score (nSPS) is 28.8. The SMILES string of the molecule is CC12CC(F)=CC=C1C(C1CCN(C(=O)C(F)F)CC1)=CN2. The molecule has 3 aliphatic rings. The van der Waals surface area contributed by atoms with Gasteiger partial charge in [0, 0.05) is 25.7 Å². The highest BCUT2D eigenvalue weighted by Gasteiger charge is 2.40. The standard InChI is InChI=1S/C16H19F3N2O/c1-16-8-11(17)2-3-13(16)12(9-20-16)10-4-6-21(7-5-10)15(22)14(18)19/h2-3,9-10,14,20H,4-8H2,1H3. The summed E-state index contributed by atoms with van der Waals surface area (Å²) in [6.07, 6.45) is 3.93. The van der Waals surface area contributed by atoms with E-state index in [0.717, 1.165) is 11.1 Å². The van der Waals surface area contributed by atoms with E-state index in [1.165, 1.54) is 11.0 Å². The topological polar surface area (TPSA) is 32.3 Å². The number of alkyl halides is 2. The predicted octanol–water partition coefficient (Wildman–Crippen LogP) is 2.92. The summed E-state index contributed by atoms with van der Waals surface area (Å²) < 4.78 is 38.4. The minimum Gasteiger partial charge on any atom is -0.381 e. The Morgan fingerprint density at radius 1 is 1.36 bits per heavy atom. The number of piperidine rings is 1. The first kappa shape index (κ1) is 15.2. The van der Waals surface area contributed by atoms with Gasteiger partial charge in [-0.2, -0.15) is 8.78 Å². The molecule has 1 amide bonds. The van der Waals surface area contributed by atoms with Crippen molar-refractivity contribution in [3.8, 4) is 0 Å². The molecule has 120 valence electrons. The number of carbonyl (C=O) groups excluding carboxylic acids is 1. The molecule has 22 heavy (non-hydrogen) atoms. The first-order valence-electron chi connectivity index (χ1n) is 7.52. The third-order valence-electron chi connectivity index (χ3n) is 4.84. The lowest BCUT2D eigenvalue weighted by Gasteiger charge is -2.35. The molecule has 0 aromatic heterocycles. The minimum absolute atomic E-state index is 0.147. The second-order valence-electron chi connectivity index (χ2n) is 6.35. The Morgan fingerprint density at radius 3 is 2.68 bits per heavy atom. The zero-order valence-corrected chi connectivity index (χ0v) is 12.4. The average Bonchev–Trinajstić information content (AvgIpc) is 2.82. The summed E-state index contributed by atoms with van der Waals surface area (Å²) in [4.78, 5) is 12.6. The number of nitrogens with one attached hydrogen (secondary N) is 1. The second-order valence-corrected chi connectivity index (χ2v) is 6.35. The smallest absolute Gasteiger partial charge is 0.315 e. The summed E-state index contributed by atoms with van der Waals surface area (Å²) in [5.41, 5.74) is 1.78. The average molecular weight is 312 g/mol. The van der Waals surface area contributed by atoms with Crippen LogP contribution in [0.5, 0.6) is 0 Å². The van der Waals surface area contributed by atoms with E-state index in [0.29, 0.717) is 32.4 Å². The van der Waals surface area contributed by atoms with Crippen LogP contribution in [0.25, 0.3) is 0 Å². The van der Waals surface area contributed by atoms with Gasteiger partial charge in [-0.25, -0.2) is 4.39 Å². The molecule has 1 aliphatic carbocycles. The van der Waals surface area contributed by atoms with E-state index in [1.54, 1.807) is 6.08 Å². The predicted molar refractivity (Wildman–Crippen MR) is 76.8 cm³/mol. The quantitative estimate of drug-likeness (QED) is 0.850. The third-order valence-corrected chi connectivity index (χ3v) is 4.84. The summed E-state index contributed by atoms with van der Waals surface area (Å²) in [5.74, 6) is -1.01. The molecule has 0 aromatic carbocycles. The molecule has 2 aliphatic heterocycles. The van der Waals surface area contributed by atoms with Crippen LogP contribution in [0.3, 0.4) is 0 Å². The molecule has 1 saturated heterocycles. The van der Waals surface area contributed by atoms with Crippen molar-refractivity contribution >= 4 is 5.91 Å². The Hall–Kier alpha value is -1.72. The molecular formula is C16H19F3N2O. The van der Waals surface area contributed by atoms with Crippen LogP contribution in [0.2, 0.25) is 0 Å². The minimum atomic E-state index is -2.93. The van der Waals surface area contributed by atoms with Gasteiger partial charge in [-0.1, -0.05) is 6.08 Å². The van der Waals surface area contributed by atoms with Crippen LogP contribution in [0.15, 0.2) is 35.3 Å². The Balaban J connectivity index is 1.69. The molecule has 1 fully saturated rings. The van der Waals surface area contributed by atoms with Gasteiger partial charge in [-0.15, -0.1) is 0 Å². The van der Waals surface area contributed by atoms with Gasteiger partial charge in [0.15, 0.2) is 0 Å². The van der Waals surface area contributed by atoms with Crippen LogP contribution >= 0.6 is 0 Å². The number of likely N-dealkylation sites (tertiary alicyclic amines) is 1. The fourth-order valence-corrected chi connectivity index (χ4v) is 3.59. The Morgan fingerprint density at radius 2 is 2.05 bits per heavy atom. The number of halogens is 3. The van der Waals surface area contributed by atoms with E-state index < -0.39 is 17.9 Å². The molecule has 1 atom stereocenters. The van der Waals surface area contributed by atoms with Crippen LogP contribution < -0.4 is 5.32 Å². The van der Waals surface area contributed by atoms with E-state index >= 15 is 0 Å². The van der Waals surface area contributed by atoms with Gasteiger partial charge in [0.1, 0.15) is 5.83 Å².